The normalized spacial score (nSPS) is 20.2. The number of nitrogens with zero attached hydrogens (tertiary/aromatic N) is 12. The molecule has 0 radical (unpaired) electrons. The molecule has 19 rings (SSSR count). The number of anilines is 3. The summed E-state index contributed by atoms with van der Waals surface area (Å²) in [5.41, 5.74) is 6.77. The van der Waals surface area contributed by atoms with Crippen LogP contribution in [0, 0.1) is 0 Å². The molecule has 0 saturated carbocycles. The first-order valence-corrected chi connectivity index (χ1v) is 53.1. The lowest BCUT2D eigenvalue weighted by atomic mass is 9.98. The highest BCUT2D eigenvalue weighted by atomic mass is 35.5. The van der Waals surface area contributed by atoms with Crippen LogP contribution in [0.1, 0.15) is 196 Å². The molecule has 13 heterocycles. The lowest BCUT2D eigenvalue weighted by molar-refractivity contribution is -0.142. The second kappa shape index (κ2) is 48.5. The highest BCUT2D eigenvalue weighted by Gasteiger charge is 2.43. The van der Waals surface area contributed by atoms with E-state index in [0.717, 1.165) is 127 Å². The number of ether oxygens (including phenoxy) is 3. The van der Waals surface area contributed by atoms with E-state index < -0.39 is 24.0 Å². The number of urea groups is 3. The molecule has 35 heteroatoms. The number of likely N-dealkylation sites (tertiary alicyclic amines) is 9. The third kappa shape index (κ3) is 25.6. The number of piperidine rings is 9. The highest BCUT2D eigenvalue weighted by molar-refractivity contribution is 7.20. The van der Waals surface area contributed by atoms with Gasteiger partial charge in [-0.1, -0.05) is 116 Å². The Morgan fingerprint density at radius 1 is 0.364 bits per heavy atom. The Labute approximate surface area is 847 Å². The number of halogens is 1. The number of carbonyl (C=O) groups excluding carboxylic acids is 12. The molecule has 1 aromatic heterocycles. The quantitative estimate of drug-likeness (QED) is 0.0310. The van der Waals surface area contributed by atoms with Crippen molar-refractivity contribution in [3.05, 3.63) is 177 Å². The van der Waals surface area contributed by atoms with Crippen molar-refractivity contribution in [3.63, 3.8) is 0 Å². The van der Waals surface area contributed by atoms with Gasteiger partial charge < -0.3 is 105 Å². The maximum absolute atomic E-state index is 14.1. The number of rotatable bonds is 25. The first kappa shape index (κ1) is 102. The van der Waals surface area contributed by atoms with Gasteiger partial charge in [0.1, 0.15) is 18.1 Å². The van der Waals surface area contributed by atoms with Crippen LogP contribution in [0.4, 0.5) is 31.4 Å². The number of hydrogen-bond donors (Lipinski definition) is 6. The minimum Gasteiger partial charge on any atom is -0.493 e. The van der Waals surface area contributed by atoms with E-state index in [1.54, 1.807) is 43.9 Å². The molecule has 6 aromatic carbocycles. The molecule has 0 spiro atoms. The smallest absolute Gasteiger partial charge is 0.322 e. The standard InChI is InChI=1S/C37H50N6O7.C36H44N6O4S.C35H45ClN6O4/c1-48-31-21-26(22-32(49-2)34(31)50-3)35(45)38-30(36(46)42-19-11-27(12-20-42)40-15-7-4-8-16-40)23-33(44)41-17-13-28(14-18-41)43-24-25-9-5-6-10-29(25)39-37(43)47;43-33(40-18-14-28(15-19-40)42-24-26-9-2-4-10-29(26)38-36(42)46)23-30(37-34(44)32-22-25-8-3-5-11-31(25)47-32)35(45)41-20-12-27(13-21-41)39-16-6-1-7-17-39;36-27-10-8-25(9-11-27)22-32(43)37-31(34(45)41-20-12-28(13-21-41)39-16-4-1-5-17-39)23-33(44)40-18-14-29(15-19-40)42-24-26-6-2-3-7-30(26)38-35(42)46/h5-6,9-10,21-22,27-28,30H,4,7-8,11-20,23-24H2,1-3H3,(H,38,45)(H,39,47);2-5,8-11,22,27-28,30H,1,6-7,12-21,23-24H2,(H,37,44)(H,38,46);2-3,6-11,28-29,31H,1,4-5,12-24H2,(H,37,43)(H,38,46)/t2*30-;31-/m000/s1. The Morgan fingerprint density at radius 2 is 0.685 bits per heavy atom. The number of methoxy groups -OCH3 is 3. The summed E-state index contributed by atoms with van der Waals surface area (Å²) in [5, 5.41) is 19.3. The van der Waals surface area contributed by atoms with Crippen LogP contribution >= 0.6 is 22.9 Å². The number of hydrogen-bond acceptors (Lipinski definition) is 19. The van der Waals surface area contributed by atoms with Crippen LogP contribution < -0.4 is 46.1 Å². The van der Waals surface area contributed by atoms with Crippen LogP contribution in [0.25, 0.3) is 10.1 Å². The summed E-state index contributed by atoms with van der Waals surface area (Å²) in [6.07, 6.45) is 20.3. The monoisotopic (exact) mass is 2000 g/mol. The van der Waals surface area contributed by atoms with Gasteiger partial charge in [0.05, 0.1) is 51.9 Å². The molecular weight excluding hydrogens is 1860 g/mol. The Hall–Kier alpha value is -12.1. The van der Waals surface area contributed by atoms with Crippen molar-refractivity contribution in [1.82, 2.24) is 74.7 Å². The predicted molar refractivity (Wildman–Crippen MR) is 548 cm³/mol. The number of thiophene rings is 1. The molecule has 9 fully saturated rings. The van der Waals surface area contributed by atoms with E-state index in [4.69, 9.17) is 25.8 Å². The summed E-state index contributed by atoms with van der Waals surface area (Å²) in [7, 11) is 4.42. The van der Waals surface area contributed by atoms with Gasteiger partial charge in [-0.15, -0.1) is 11.3 Å². The zero-order chi connectivity index (χ0) is 99.6. The lowest BCUT2D eigenvalue weighted by Crippen LogP contribution is -2.55. The summed E-state index contributed by atoms with van der Waals surface area (Å²) in [5.74, 6) is -1.30. The minimum atomic E-state index is -1.05. The van der Waals surface area contributed by atoms with Gasteiger partial charge in [-0.2, -0.15) is 0 Å². The molecule has 6 N–H and O–H groups in total. The van der Waals surface area contributed by atoms with Gasteiger partial charge in [0, 0.05) is 167 Å². The summed E-state index contributed by atoms with van der Waals surface area (Å²) in [6.45, 7) is 14.9. The van der Waals surface area contributed by atoms with Gasteiger partial charge in [-0.3, -0.25) is 43.2 Å². The van der Waals surface area contributed by atoms with E-state index in [-0.39, 0.29) is 115 Å². The number of nitrogens with one attached hydrogen (secondary N) is 6. The van der Waals surface area contributed by atoms with Crippen molar-refractivity contribution in [1.29, 1.82) is 0 Å². The zero-order valence-electron chi connectivity index (χ0n) is 82.8. The Morgan fingerprint density at radius 3 is 1.03 bits per heavy atom. The topological polar surface area (TPSA) is 344 Å². The second-order valence-corrected chi connectivity index (χ2v) is 41.6. The van der Waals surface area contributed by atoms with Crippen LogP contribution in [0.3, 0.4) is 0 Å². The second-order valence-electron chi connectivity index (χ2n) is 40.1. The molecule has 3 atom stereocenters. The Bertz CT molecular complexity index is 5590. The molecule has 7 aromatic rings. The zero-order valence-corrected chi connectivity index (χ0v) is 84.4. The van der Waals surface area contributed by atoms with Crippen molar-refractivity contribution in [2.45, 2.75) is 235 Å². The maximum atomic E-state index is 14.1. The predicted octanol–water partition coefficient (Wildman–Crippen LogP) is 12.9. The highest BCUT2D eigenvalue weighted by Crippen LogP contribution is 2.40. The van der Waals surface area contributed by atoms with Crippen LogP contribution in [-0.4, -0.2) is 324 Å². The van der Waals surface area contributed by atoms with E-state index in [1.165, 1.54) is 103 Å². The SMILES string of the molecule is COc1cc(C(=O)N[C@@H](CC(=O)N2CCC(N3Cc4ccccc4NC3=O)CC2)C(=O)N2CCC(N3CCCCC3)CC2)cc(OC)c1OC.O=C(Cc1ccc(Cl)cc1)N[C@@H](CC(=O)N1CCC(N2Cc3ccccc3NC2=O)CC1)C(=O)N1CCC(N2CCCCC2)CC1.O=C(N[C@@H](CC(=O)N1CCC(N2Cc3ccccc3NC2=O)CC1)C(=O)N1CCC(N2CCCCC2)CC1)c1cc2ccccc2s1. The van der Waals surface area contributed by atoms with Crippen LogP contribution in [-0.2, 0) is 59.6 Å². The molecular formula is C108H139ClN18O15S. The molecule has 143 heavy (non-hydrogen) atoms. The summed E-state index contributed by atoms with van der Waals surface area (Å²) in [4.78, 5) is 187. The molecule has 0 bridgehead atoms. The molecule has 0 aliphatic carbocycles. The van der Waals surface area contributed by atoms with E-state index in [1.807, 2.05) is 128 Å². The van der Waals surface area contributed by atoms with Crippen molar-refractivity contribution < 1.29 is 71.7 Å². The Kier molecular flexibility index (Phi) is 34.7. The van der Waals surface area contributed by atoms with Crippen molar-refractivity contribution >= 4 is 121 Å². The fraction of sp³-hybridized carbons (Fsp3) is 0.537. The largest absolute Gasteiger partial charge is 0.493 e. The van der Waals surface area contributed by atoms with E-state index in [2.05, 4.69) is 46.6 Å². The van der Waals surface area contributed by atoms with Gasteiger partial charge in [-0.05, 0) is 237 Å². The fourth-order valence-corrected chi connectivity index (χ4v) is 24.1. The third-order valence-electron chi connectivity index (χ3n) is 31.2. The molecule has 764 valence electrons. The van der Waals surface area contributed by atoms with Gasteiger partial charge >= 0.3 is 18.1 Å². The van der Waals surface area contributed by atoms with E-state index in [0.29, 0.717) is 182 Å². The van der Waals surface area contributed by atoms with E-state index in [9.17, 15) is 57.5 Å². The van der Waals surface area contributed by atoms with Crippen molar-refractivity contribution in [2.24, 2.45) is 0 Å². The number of amides is 15. The lowest BCUT2D eigenvalue weighted by Gasteiger charge is -2.41. The number of para-hydroxylation sites is 3. The summed E-state index contributed by atoms with van der Waals surface area (Å²) >= 11 is 7.41. The molecule has 33 nitrogen and oxygen atoms in total. The third-order valence-corrected chi connectivity index (χ3v) is 32.6. The first-order chi connectivity index (χ1) is 69.5. The molecule has 12 aliphatic rings. The van der Waals surface area contributed by atoms with Gasteiger partial charge in [0.2, 0.25) is 47.1 Å². The minimum absolute atomic E-state index is 0.00855. The van der Waals surface area contributed by atoms with Crippen molar-refractivity contribution in [3.8, 4) is 17.2 Å². The average Bonchev–Trinajstić information content (AvgIpc) is 1.47. The molecule has 12 aliphatic heterocycles. The summed E-state index contributed by atoms with van der Waals surface area (Å²) in [6, 6.07) is 41.4. The molecule has 15 amide bonds. The summed E-state index contributed by atoms with van der Waals surface area (Å²) < 4.78 is 17.3. The van der Waals surface area contributed by atoms with Crippen LogP contribution in [0.5, 0.6) is 17.2 Å². The van der Waals surface area contributed by atoms with Crippen LogP contribution in [0.15, 0.2) is 140 Å². The van der Waals surface area contributed by atoms with Gasteiger partial charge in [0.25, 0.3) is 11.8 Å². The number of fused-ring (bicyclic) bond motifs is 4. The molecule has 0 unspecified atom stereocenters. The first-order valence-electron chi connectivity index (χ1n) is 51.9. The molecule has 9 saturated heterocycles. The van der Waals surface area contributed by atoms with E-state index >= 15 is 0 Å². The maximum Gasteiger partial charge on any atom is 0.322 e. The van der Waals surface area contributed by atoms with Crippen LogP contribution in [0.2, 0.25) is 5.02 Å². The Balaban J connectivity index is 0.000000147. The van der Waals surface area contributed by atoms with Gasteiger partial charge in [0.15, 0.2) is 11.5 Å². The average molecular weight is 2000 g/mol. The van der Waals surface area contributed by atoms with Gasteiger partial charge in [-0.25, -0.2) is 14.4 Å². The number of benzene rings is 6. The number of carbonyl (C=O) groups is 12. The van der Waals surface area contributed by atoms with Crippen molar-refractivity contribution in [2.75, 3.05) is 155 Å². The fourth-order valence-electron chi connectivity index (χ4n) is 23.0.